The lowest BCUT2D eigenvalue weighted by Gasteiger charge is -2.26. The van der Waals surface area contributed by atoms with Crippen LogP contribution in [0.5, 0.6) is 0 Å². The molecule has 6 heteroatoms. The third-order valence-corrected chi connectivity index (χ3v) is 4.87. The first kappa shape index (κ1) is 12.3. The molecule has 2 N–H and O–H groups in total. The summed E-state index contributed by atoms with van der Waals surface area (Å²) in [6, 6.07) is 0. The van der Waals surface area contributed by atoms with Gasteiger partial charge in [-0.3, -0.25) is 0 Å². The van der Waals surface area contributed by atoms with Gasteiger partial charge in [0.15, 0.2) is 0 Å². The number of nitrogens with one attached hydrogen (secondary N) is 1. The average Bonchev–Trinajstić information content (AvgIpc) is 3.11. The van der Waals surface area contributed by atoms with E-state index in [1.807, 2.05) is 0 Å². The van der Waals surface area contributed by atoms with Gasteiger partial charge in [-0.05, 0) is 31.6 Å². The summed E-state index contributed by atoms with van der Waals surface area (Å²) in [5, 5.41) is 9.61. The van der Waals surface area contributed by atoms with Crippen LogP contribution in [0.1, 0.15) is 32.1 Å². The number of hydrogen-bond donors (Lipinski definition) is 2. The largest absolute Gasteiger partial charge is 0.391 e. The van der Waals surface area contributed by atoms with Crippen molar-refractivity contribution in [3.63, 3.8) is 0 Å². The highest BCUT2D eigenvalue weighted by Crippen LogP contribution is 2.32. The normalized spacial score (nSPS) is 25.6. The van der Waals surface area contributed by atoms with Gasteiger partial charge < -0.3 is 5.11 Å². The van der Waals surface area contributed by atoms with Gasteiger partial charge in [0.05, 0.1) is 6.10 Å². The minimum Gasteiger partial charge on any atom is -0.391 e. The van der Waals surface area contributed by atoms with Gasteiger partial charge in [-0.1, -0.05) is 6.42 Å². The zero-order valence-corrected chi connectivity index (χ0v) is 10.2. The van der Waals surface area contributed by atoms with Crippen LogP contribution in [0.3, 0.4) is 0 Å². The standard InChI is InChI=1S/C10H20N2O3S/c13-10(9-4-5-9)8-11-16(14,15)12-6-2-1-3-7-12/h9-11,13H,1-8H2/t10-/m1/s1. The van der Waals surface area contributed by atoms with Crippen LogP contribution in [-0.4, -0.2) is 43.6 Å². The molecule has 0 unspecified atom stereocenters. The Kier molecular flexibility index (Phi) is 3.84. The van der Waals surface area contributed by atoms with Gasteiger partial charge in [0, 0.05) is 19.6 Å². The number of hydrogen-bond acceptors (Lipinski definition) is 3. The summed E-state index contributed by atoms with van der Waals surface area (Å²) in [6.45, 7) is 1.37. The first-order valence-electron chi connectivity index (χ1n) is 6.02. The molecule has 5 nitrogen and oxygen atoms in total. The molecule has 2 fully saturated rings. The van der Waals surface area contributed by atoms with Gasteiger partial charge >= 0.3 is 0 Å². The lowest BCUT2D eigenvalue weighted by molar-refractivity contribution is 0.154. The molecule has 0 bridgehead atoms. The van der Waals surface area contributed by atoms with E-state index in [-0.39, 0.29) is 6.54 Å². The second-order valence-corrected chi connectivity index (χ2v) is 6.47. The number of aliphatic hydroxyl groups excluding tert-OH is 1. The summed E-state index contributed by atoms with van der Waals surface area (Å²) in [5.41, 5.74) is 0. The van der Waals surface area contributed by atoms with Crippen LogP contribution in [0.15, 0.2) is 0 Å². The highest BCUT2D eigenvalue weighted by molar-refractivity contribution is 7.87. The zero-order valence-electron chi connectivity index (χ0n) is 9.43. The second kappa shape index (κ2) is 5.00. The summed E-state index contributed by atoms with van der Waals surface area (Å²) >= 11 is 0. The third kappa shape index (κ3) is 3.16. The maximum absolute atomic E-state index is 11.8. The minimum absolute atomic E-state index is 0.156. The second-order valence-electron chi connectivity index (χ2n) is 4.72. The van der Waals surface area contributed by atoms with E-state index in [1.165, 1.54) is 4.31 Å². The summed E-state index contributed by atoms with van der Waals surface area (Å²) < 4.78 is 27.7. The van der Waals surface area contributed by atoms with E-state index >= 15 is 0 Å². The van der Waals surface area contributed by atoms with Gasteiger partial charge in [-0.2, -0.15) is 17.4 Å². The molecular weight excluding hydrogens is 228 g/mol. The summed E-state index contributed by atoms with van der Waals surface area (Å²) in [5.74, 6) is 0.309. The maximum atomic E-state index is 11.8. The molecule has 0 amide bonds. The van der Waals surface area contributed by atoms with Crippen LogP contribution in [0.2, 0.25) is 0 Å². The SMILES string of the molecule is O=S(=O)(NC[C@@H](O)C1CC1)N1CCCCC1. The molecular formula is C10H20N2O3S. The van der Waals surface area contributed by atoms with E-state index in [1.54, 1.807) is 0 Å². The minimum atomic E-state index is -3.36. The van der Waals surface area contributed by atoms with Crippen LogP contribution in [0.4, 0.5) is 0 Å². The fourth-order valence-corrected chi connectivity index (χ4v) is 3.34. The molecule has 1 aliphatic heterocycles. The van der Waals surface area contributed by atoms with Crippen LogP contribution < -0.4 is 4.72 Å². The molecule has 0 aromatic heterocycles. The maximum Gasteiger partial charge on any atom is 0.279 e. The first-order chi connectivity index (χ1) is 7.59. The van der Waals surface area contributed by atoms with E-state index in [2.05, 4.69) is 4.72 Å². The Hall–Kier alpha value is -0.170. The van der Waals surface area contributed by atoms with E-state index in [0.29, 0.717) is 19.0 Å². The lowest BCUT2D eigenvalue weighted by atomic mass is 10.2. The van der Waals surface area contributed by atoms with Gasteiger partial charge in [0.2, 0.25) is 0 Å². The van der Waals surface area contributed by atoms with E-state index in [4.69, 9.17) is 0 Å². The van der Waals surface area contributed by atoms with Crippen molar-refractivity contribution in [2.24, 2.45) is 5.92 Å². The summed E-state index contributed by atoms with van der Waals surface area (Å²) in [7, 11) is -3.36. The molecule has 94 valence electrons. The molecule has 1 saturated carbocycles. The van der Waals surface area contributed by atoms with Crippen LogP contribution in [0.25, 0.3) is 0 Å². The molecule has 1 atom stereocenters. The van der Waals surface area contributed by atoms with Gasteiger partial charge in [0.25, 0.3) is 10.2 Å². The fourth-order valence-electron chi connectivity index (χ4n) is 2.03. The summed E-state index contributed by atoms with van der Waals surface area (Å²) in [4.78, 5) is 0. The quantitative estimate of drug-likeness (QED) is 0.724. The molecule has 0 radical (unpaired) electrons. The van der Waals surface area contributed by atoms with E-state index < -0.39 is 16.3 Å². The Labute approximate surface area is 97.0 Å². The van der Waals surface area contributed by atoms with Crippen LogP contribution >= 0.6 is 0 Å². The Balaban J connectivity index is 1.81. The molecule has 0 aromatic rings. The summed E-state index contributed by atoms with van der Waals surface area (Å²) in [6.07, 6.45) is 4.51. The molecule has 1 heterocycles. The van der Waals surface area contributed by atoms with Crippen molar-refractivity contribution in [1.82, 2.24) is 9.03 Å². The van der Waals surface area contributed by atoms with Crippen molar-refractivity contribution < 1.29 is 13.5 Å². The Morgan fingerprint density at radius 1 is 1.25 bits per heavy atom. The Morgan fingerprint density at radius 2 is 1.88 bits per heavy atom. The Bertz CT molecular complexity index is 321. The van der Waals surface area contributed by atoms with Crippen LogP contribution in [0, 0.1) is 5.92 Å². The van der Waals surface area contributed by atoms with Gasteiger partial charge in [-0.25, -0.2) is 0 Å². The predicted molar refractivity (Wildman–Crippen MR) is 61.1 cm³/mol. The van der Waals surface area contributed by atoms with Crippen molar-refractivity contribution in [2.75, 3.05) is 19.6 Å². The molecule has 2 rings (SSSR count). The number of piperidine rings is 1. The van der Waals surface area contributed by atoms with Gasteiger partial charge in [0.1, 0.15) is 0 Å². The van der Waals surface area contributed by atoms with Crippen molar-refractivity contribution in [3.8, 4) is 0 Å². The highest BCUT2D eigenvalue weighted by Gasteiger charge is 2.31. The zero-order chi connectivity index (χ0) is 11.6. The lowest BCUT2D eigenvalue weighted by Crippen LogP contribution is -2.45. The average molecular weight is 248 g/mol. The first-order valence-corrected chi connectivity index (χ1v) is 7.46. The van der Waals surface area contributed by atoms with E-state index in [9.17, 15) is 13.5 Å². The Morgan fingerprint density at radius 3 is 2.44 bits per heavy atom. The fraction of sp³-hybridized carbons (Fsp3) is 1.00. The third-order valence-electron chi connectivity index (χ3n) is 3.30. The van der Waals surface area contributed by atoms with Crippen molar-refractivity contribution in [1.29, 1.82) is 0 Å². The molecule has 1 aliphatic carbocycles. The molecule has 0 spiro atoms. The van der Waals surface area contributed by atoms with E-state index in [0.717, 1.165) is 32.1 Å². The molecule has 1 saturated heterocycles. The number of aliphatic hydroxyl groups is 1. The molecule has 0 aromatic carbocycles. The predicted octanol–water partition coefficient (Wildman–Crippen LogP) is 0.0776. The molecule has 16 heavy (non-hydrogen) atoms. The number of nitrogens with zero attached hydrogens (tertiary/aromatic N) is 1. The highest BCUT2D eigenvalue weighted by atomic mass is 32.2. The van der Waals surface area contributed by atoms with Crippen molar-refractivity contribution in [2.45, 2.75) is 38.2 Å². The smallest absolute Gasteiger partial charge is 0.279 e. The van der Waals surface area contributed by atoms with Gasteiger partial charge in [-0.15, -0.1) is 0 Å². The monoisotopic (exact) mass is 248 g/mol. The number of rotatable bonds is 5. The molecule has 2 aliphatic rings. The topological polar surface area (TPSA) is 69.6 Å². The van der Waals surface area contributed by atoms with Crippen LogP contribution in [-0.2, 0) is 10.2 Å². The van der Waals surface area contributed by atoms with Crippen molar-refractivity contribution >= 4 is 10.2 Å². The van der Waals surface area contributed by atoms with Crippen molar-refractivity contribution in [3.05, 3.63) is 0 Å².